The highest BCUT2D eigenvalue weighted by Gasteiger charge is 2.36. The Hall–Kier alpha value is -3.12. The molecular formula is C21H21F3N8S. The second-order valence-electron chi connectivity index (χ2n) is 8.12. The van der Waals surface area contributed by atoms with Crippen molar-refractivity contribution in [1.82, 2.24) is 34.6 Å². The first-order valence-electron chi connectivity index (χ1n) is 10.5. The molecule has 33 heavy (non-hydrogen) atoms. The van der Waals surface area contributed by atoms with Gasteiger partial charge >= 0.3 is 6.18 Å². The second kappa shape index (κ2) is 8.34. The van der Waals surface area contributed by atoms with Crippen LogP contribution in [0.2, 0.25) is 0 Å². The number of hydrogen-bond acceptors (Lipinski definition) is 8. The molecule has 0 radical (unpaired) electrons. The molecule has 0 amide bonds. The van der Waals surface area contributed by atoms with Gasteiger partial charge in [0, 0.05) is 42.0 Å². The minimum absolute atomic E-state index is 0.0494. The van der Waals surface area contributed by atoms with Crippen molar-refractivity contribution in [2.75, 3.05) is 11.9 Å². The van der Waals surface area contributed by atoms with Crippen molar-refractivity contribution in [3.05, 3.63) is 35.9 Å². The third-order valence-electron chi connectivity index (χ3n) is 5.63. The number of halogens is 3. The van der Waals surface area contributed by atoms with Crippen LogP contribution in [-0.2, 0) is 6.18 Å². The molecule has 4 aromatic heterocycles. The maximum atomic E-state index is 13.8. The summed E-state index contributed by atoms with van der Waals surface area (Å²) in [5.74, 6) is 0.810. The van der Waals surface area contributed by atoms with Gasteiger partial charge in [0.25, 0.3) is 0 Å². The Bertz CT molecular complexity index is 1290. The number of anilines is 1. The molecule has 8 nitrogen and oxygen atoms in total. The summed E-state index contributed by atoms with van der Waals surface area (Å²) in [4.78, 5) is 20.1. The number of nitrogens with zero attached hydrogens (tertiary/aromatic N) is 5. The van der Waals surface area contributed by atoms with Crippen LogP contribution >= 0.6 is 11.5 Å². The molecule has 0 bridgehead atoms. The Balaban J connectivity index is 1.53. The first-order valence-corrected chi connectivity index (χ1v) is 11.3. The van der Waals surface area contributed by atoms with Crippen LogP contribution < -0.4 is 10.6 Å². The van der Waals surface area contributed by atoms with Gasteiger partial charge in [-0.05, 0) is 50.4 Å². The molecule has 1 aliphatic rings. The van der Waals surface area contributed by atoms with Crippen LogP contribution in [0.5, 0.6) is 0 Å². The summed E-state index contributed by atoms with van der Waals surface area (Å²) in [6, 6.07) is 3.91. The molecule has 4 aromatic rings. The highest BCUT2D eigenvalue weighted by atomic mass is 32.1. The summed E-state index contributed by atoms with van der Waals surface area (Å²) < 4.78 is 45.6. The largest absolute Gasteiger partial charge is 0.419 e. The van der Waals surface area contributed by atoms with Crippen molar-refractivity contribution < 1.29 is 13.2 Å². The number of alkyl halides is 3. The monoisotopic (exact) mass is 474 g/mol. The lowest BCUT2D eigenvalue weighted by atomic mass is 10.0. The third-order valence-corrected chi connectivity index (χ3v) is 6.46. The molecule has 0 aromatic carbocycles. The minimum atomic E-state index is -4.60. The zero-order valence-electron chi connectivity index (χ0n) is 17.9. The first kappa shape index (κ1) is 21.7. The van der Waals surface area contributed by atoms with E-state index in [1.165, 1.54) is 17.7 Å². The molecule has 1 aliphatic heterocycles. The topological polar surface area (TPSA) is 104 Å². The first-order chi connectivity index (χ1) is 15.8. The molecule has 2 atom stereocenters. The lowest BCUT2D eigenvalue weighted by Gasteiger charge is -2.28. The number of H-pyrrole nitrogens is 1. The van der Waals surface area contributed by atoms with Crippen molar-refractivity contribution in [1.29, 1.82) is 0 Å². The Morgan fingerprint density at radius 2 is 2.00 bits per heavy atom. The van der Waals surface area contributed by atoms with Gasteiger partial charge in [-0.15, -0.1) is 0 Å². The van der Waals surface area contributed by atoms with Gasteiger partial charge in [0.05, 0.1) is 5.69 Å². The molecule has 5 heterocycles. The van der Waals surface area contributed by atoms with Gasteiger partial charge in [0.2, 0.25) is 5.95 Å². The van der Waals surface area contributed by atoms with Gasteiger partial charge < -0.3 is 15.6 Å². The molecule has 1 saturated heterocycles. The van der Waals surface area contributed by atoms with Crippen LogP contribution in [0.1, 0.15) is 31.2 Å². The average molecular weight is 475 g/mol. The predicted molar refractivity (Wildman–Crippen MR) is 120 cm³/mol. The number of fused-ring (bicyclic) bond motifs is 1. The van der Waals surface area contributed by atoms with Gasteiger partial charge in [-0.3, -0.25) is 0 Å². The quantitative estimate of drug-likeness (QED) is 0.402. The number of nitrogens with one attached hydrogen (secondary N) is 3. The van der Waals surface area contributed by atoms with Crippen molar-refractivity contribution >= 4 is 28.5 Å². The molecule has 0 spiro atoms. The molecule has 12 heteroatoms. The summed E-state index contributed by atoms with van der Waals surface area (Å²) in [6.07, 6.45) is -0.405. The lowest BCUT2D eigenvalue weighted by Crippen LogP contribution is -2.43. The summed E-state index contributed by atoms with van der Waals surface area (Å²) >= 11 is 1.22. The number of aryl methyl sites for hydroxylation is 1. The average Bonchev–Trinajstić information content (AvgIpc) is 3.40. The number of aromatic nitrogens is 6. The Morgan fingerprint density at radius 3 is 2.70 bits per heavy atom. The molecule has 0 saturated carbocycles. The number of rotatable bonds is 4. The van der Waals surface area contributed by atoms with E-state index in [9.17, 15) is 13.2 Å². The van der Waals surface area contributed by atoms with E-state index in [1.54, 1.807) is 19.1 Å². The van der Waals surface area contributed by atoms with Crippen molar-refractivity contribution in [3.8, 4) is 22.0 Å². The van der Waals surface area contributed by atoms with Crippen LogP contribution in [-0.4, -0.2) is 47.9 Å². The summed E-state index contributed by atoms with van der Waals surface area (Å²) in [5, 5.41) is 7.70. The molecular weight excluding hydrogens is 453 g/mol. The van der Waals surface area contributed by atoms with E-state index in [1.807, 2.05) is 0 Å². The van der Waals surface area contributed by atoms with Crippen LogP contribution in [0, 0.1) is 6.92 Å². The Morgan fingerprint density at radius 1 is 1.15 bits per heavy atom. The fourth-order valence-corrected chi connectivity index (χ4v) is 4.53. The van der Waals surface area contributed by atoms with E-state index in [0.29, 0.717) is 45.7 Å². The molecule has 3 N–H and O–H groups in total. The SMILES string of the molecule is Cc1nsc(-c2ccc3c(-c4nc(N[C@H]5CC[C@H](C)NC5)ncc4C(F)(F)F)c[nH]c3n2)n1. The van der Waals surface area contributed by atoms with Gasteiger partial charge in [0.1, 0.15) is 22.7 Å². The predicted octanol–water partition coefficient (Wildman–Crippen LogP) is 4.42. The molecule has 1 fully saturated rings. The molecule has 172 valence electrons. The fourth-order valence-electron chi connectivity index (χ4n) is 3.89. The van der Waals surface area contributed by atoms with Gasteiger partial charge in [-0.25, -0.2) is 19.9 Å². The second-order valence-corrected chi connectivity index (χ2v) is 8.88. The highest BCUT2D eigenvalue weighted by molar-refractivity contribution is 7.09. The van der Waals surface area contributed by atoms with Crippen molar-refractivity contribution in [3.63, 3.8) is 0 Å². The maximum absolute atomic E-state index is 13.8. The normalized spacial score (nSPS) is 19.2. The highest BCUT2D eigenvalue weighted by Crippen LogP contribution is 2.39. The maximum Gasteiger partial charge on any atom is 0.419 e. The van der Waals surface area contributed by atoms with Crippen LogP contribution in [0.4, 0.5) is 19.1 Å². The Labute approximate surface area is 191 Å². The van der Waals surface area contributed by atoms with E-state index in [2.05, 4.69) is 46.9 Å². The lowest BCUT2D eigenvalue weighted by molar-refractivity contribution is -0.137. The summed E-state index contributed by atoms with van der Waals surface area (Å²) in [5.41, 5.74) is 0.271. The third kappa shape index (κ3) is 4.40. The number of pyridine rings is 1. The van der Waals surface area contributed by atoms with Gasteiger partial charge in [-0.1, -0.05) is 0 Å². The van der Waals surface area contributed by atoms with Crippen LogP contribution in [0.25, 0.3) is 33.0 Å². The summed E-state index contributed by atoms with van der Waals surface area (Å²) in [7, 11) is 0. The van der Waals surface area contributed by atoms with Crippen molar-refractivity contribution in [2.45, 2.75) is 44.9 Å². The number of aromatic amines is 1. The van der Waals surface area contributed by atoms with E-state index >= 15 is 0 Å². The summed E-state index contributed by atoms with van der Waals surface area (Å²) in [6.45, 7) is 4.59. The fraction of sp³-hybridized carbons (Fsp3) is 0.381. The van der Waals surface area contributed by atoms with E-state index in [4.69, 9.17) is 0 Å². The Kier molecular flexibility index (Phi) is 5.49. The van der Waals surface area contributed by atoms with Crippen LogP contribution in [0.15, 0.2) is 24.5 Å². The zero-order valence-corrected chi connectivity index (χ0v) is 18.7. The smallest absolute Gasteiger partial charge is 0.350 e. The number of piperidine rings is 1. The minimum Gasteiger partial charge on any atom is -0.350 e. The van der Waals surface area contributed by atoms with E-state index < -0.39 is 11.7 Å². The van der Waals surface area contributed by atoms with E-state index in [0.717, 1.165) is 19.0 Å². The van der Waals surface area contributed by atoms with Gasteiger partial charge in [-0.2, -0.15) is 17.5 Å². The molecule has 5 rings (SSSR count). The van der Waals surface area contributed by atoms with E-state index in [-0.39, 0.29) is 17.7 Å². The molecule has 0 aliphatic carbocycles. The van der Waals surface area contributed by atoms with Crippen molar-refractivity contribution in [2.24, 2.45) is 0 Å². The number of hydrogen-bond donors (Lipinski definition) is 3. The van der Waals surface area contributed by atoms with Gasteiger partial charge in [0.15, 0.2) is 5.01 Å². The zero-order chi connectivity index (χ0) is 23.2. The molecule has 0 unspecified atom stereocenters. The van der Waals surface area contributed by atoms with Crippen LogP contribution in [0.3, 0.4) is 0 Å². The standard InChI is InChI=1S/C21H21F3N8S/c1-10-3-4-12(7-25-10)29-20-27-9-15(21(22,23)24)17(31-20)14-8-26-18-13(14)5-6-16(30-18)19-28-11(2)32-33-19/h5-6,8-10,12,25H,3-4,7H2,1-2H3,(H,26,30)(H,27,29,31)/t10-,12-/m0/s1.